The Kier molecular flexibility index (Phi) is 3.04. The Hall–Kier alpha value is -1.06. The molecule has 1 saturated carbocycles. The van der Waals surface area contributed by atoms with E-state index in [1.54, 1.807) is 0 Å². The van der Waals surface area contributed by atoms with Gasteiger partial charge in [0.05, 0.1) is 0 Å². The first kappa shape index (κ1) is 11.1. The SMILES string of the molecule is NCc1cc(C2CC2)ccc1N1CCNCC1. The second-order valence-corrected chi connectivity index (χ2v) is 5.10. The zero-order valence-electron chi connectivity index (χ0n) is 10.3. The summed E-state index contributed by atoms with van der Waals surface area (Å²) < 4.78 is 0. The lowest BCUT2D eigenvalue weighted by atomic mass is 10.0. The second kappa shape index (κ2) is 4.67. The summed E-state index contributed by atoms with van der Waals surface area (Å²) >= 11 is 0. The Labute approximate surface area is 103 Å². The molecule has 3 rings (SSSR count). The van der Waals surface area contributed by atoms with Crippen LogP contribution >= 0.6 is 0 Å². The van der Waals surface area contributed by atoms with Crippen molar-refractivity contribution in [2.24, 2.45) is 5.73 Å². The topological polar surface area (TPSA) is 41.3 Å². The van der Waals surface area contributed by atoms with E-state index in [-0.39, 0.29) is 0 Å². The first-order chi connectivity index (χ1) is 8.38. The van der Waals surface area contributed by atoms with Gasteiger partial charge in [0.15, 0.2) is 0 Å². The predicted molar refractivity (Wildman–Crippen MR) is 71.4 cm³/mol. The molecule has 3 nitrogen and oxygen atoms in total. The summed E-state index contributed by atoms with van der Waals surface area (Å²) in [5, 5.41) is 3.39. The van der Waals surface area contributed by atoms with E-state index in [1.165, 1.54) is 29.7 Å². The lowest BCUT2D eigenvalue weighted by Gasteiger charge is -2.31. The minimum Gasteiger partial charge on any atom is -0.369 e. The van der Waals surface area contributed by atoms with Gasteiger partial charge in [0, 0.05) is 38.4 Å². The number of nitrogens with two attached hydrogens (primary N) is 1. The second-order valence-electron chi connectivity index (χ2n) is 5.10. The van der Waals surface area contributed by atoms with Crippen molar-refractivity contribution < 1.29 is 0 Å². The minimum absolute atomic E-state index is 0.653. The van der Waals surface area contributed by atoms with Gasteiger partial charge in [-0.1, -0.05) is 12.1 Å². The van der Waals surface area contributed by atoms with Crippen LogP contribution in [0.15, 0.2) is 18.2 Å². The molecule has 1 aromatic carbocycles. The molecular weight excluding hydrogens is 210 g/mol. The predicted octanol–water partition coefficient (Wildman–Crippen LogP) is 1.43. The van der Waals surface area contributed by atoms with Gasteiger partial charge in [-0.3, -0.25) is 0 Å². The lowest BCUT2D eigenvalue weighted by Crippen LogP contribution is -2.44. The standard InChI is InChI=1S/C14H21N3/c15-10-13-9-12(11-1-2-11)3-4-14(13)17-7-5-16-6-8-17/h3-4,9,11,16H,1-2,5-8,10,15H2. The Morgan fingerprint density at radius 2 is 2.00 bits per heavy atom. The van der Waals surface area contributed by atoms with Gasteiger partial charge >= 0.3 is 0 Å². The van der Waals surface area contributed by atoms with Crippen LogP contribution in [-0.2, 0) is 6.54 Å². The molecule has 2 aliphatic rings. The number of piperazine rings is 1. The zero-order chi connectivity index (χ0) is 11.7. The van der Waals surface area contributed by atoms with E-state index in [2.05, 4.69) is 28.4 Å². The van der Waals surface area contributed by atoms with Crippen LogP contribution in [0.5, 0.6) is 0 Å². The van der Waals surface area contributed by atoms with Crippen molar-refractivity contribution in [3.63, 3.8) is 0 Å². The quantitative estimate of drug-likeness (QED) is 0.827. The van der Waals surface area contributed by atoms with E-state index >= 15 is 0 Å². The van der Waals surface area contributed by atoms with Crippen LogP contribution in [0, 0.1) is 0 Å². The molecule has 1 saturated heterocycles. The molecule has 0 unspecified atom stereocenters. The summed E-state index contributed by atoms with van der Waals surface area (Å²) in [4.78, 5) is 2.45. The third kappa shape index (κ3) is 2.31. The maximum atomic E-state index is 5.90. The molecule has 0 amide bonds. The third-order valence-electron chi connectivity index (χ3n) is 3.83. The Morgan fingerprint density at radius 3 is 2.65 bits per heavy atom. The van der Waals surface area contributed by atoms with Crippen molar-refractivity contribution in [3.05, 3.63) is 29.3 Å². The molecule has 3 N–H and O–H groups in total. The van der Waals surface area contributed by atoms with Gasteiger partial charge in [0.25, 0.3) is 0 Å². The number of benzene rings is 1. The molecule has 0 atom stereocenters. The first-order valence-electron chi connectivity index (χ1n) is 6.67. The highest BCUT2D eigenvalue weighted by molar-refractivity contribution is 5.56. The van der Waals surface area contributed by atoms with Crippen molar-refractivity contribution in [3.8, 4) is 0 Å². The van der Waals surface area contributed by atoms with Crippen LogP contribution in [-0.4, -0.2) is 26.2 Å². The van der Waals surface area contributed by atoms with E-state index in [0.717, 1.165) is 32.1 Å². The summed E-state index contributed by atoms with van der Waals surface area (Å²) in [6.45, 7) is 4.99. The van der Waals surface area contributed by atoms with E-state index < -0.39 is 0 Å². The van der Waals surface area contributed by atoms with Crippen LogP contribution in [0.4, 0.5) is 5.69 Å². The van der Waals surface area contributed by atoms with E-state index in [4.69, 9.17) is 5.73 Å². The fraction of sp³-hybridized carbons (Fsp3) is 0.571. The molecule has 3 heteroatoms. The van der Waals surface area contributed by atoms with Crippen LogP contribution in [0.1, 0.15) is 29.9 Å². The van der Waals surface area contributed by atoms with Gasteiger partial charge in [-0.15, -0.1) is 0 Å². The largest absolute Gasteiger partial charge is 0.369 e. The normalized spacial score (nSPS) is 20.6. The zero-order valence-corrected chi connectivity index (χ0v) is 10.3. The molecule has 0 aromatic heterocycles. The van der Waals surface area contributed by atoms with Gasteiger partial charge in [0.1, 0.15) is 0 Å². The van der Waals surface area contributed by atoms with E-state index in [1.807, 2.05) is 0 Å². The summed E-state index contributed by atoms with van der Waals surface area (Å²) in [7, 11) is 0. The van der Waals surface area contributed by atoms with Gasteiger partial charge in [0.2, 0.25) is 0 Å². The maximum absolute atomic E-state index is 5.90. The van der Waals surface area contributed by atoms with E-state index in [0.29, 0.717) is 6.54 Å². The number of hydrogen-bond donors (Lipinski definition) is 2. The highest BCUT2D eigenvalue weighted by atomic mass is 15.2. The number of nitrogens with one attached hydrogen (secondary N) is 1. The molecule has 1 aromatic rings. The summed E-state index contributed by atoms with van der Waals surface area (Å²) in [5.41, 5.74) is 10.1. The number of anilines is 1. The summed E-state index contributed by atoms with van der Waals surface area (Å²) in [6.07, 6.45) is 2.72. The smallest absolute Gasteiger partial charge is 0.0412 e. The number of rotatable bonds is 3. The van der Waals surface area contributed by atoms with E-state index in [9.17, 15) is 0 Å². The van der Waals surface area contributed by atoms with Crippen molar-refractivity contribution in [2.45, 2.75) is 25.3 Å². The van der Waals surface area contributed by atoms with Crippen molar-refractivity contribution in [1.82, 2.24) is 5.32 Å². The Bertz CT molecular complexity index is 392. The fourth-order valence-corrected chi connectivity index (χ4v) is 2.65. The average Bonchev–Trinajstić information content (AvgIpc) is 3.23. The first-order valence-corrected chi connectivity index (χ1v) is 6.67. The van der Waals surface area contributed by atoms with Crippen LogP contribution < -0.4 is 16.0 Å². The summed E-state index contributed by atoms with van der Waals surface area (Å²) in [5.74, 6) is 0.817. The molecule has 0 bridgehead atoms. The molecular formula is C14H21N3. The maximum Gasteiger partial charge on any atom is 0.0412 e. The minimum atomic E-state index is 0.653. The number of nitrogens with zero attached hydrogens (tertiary/aromatic N) is 1. The lowest BCUT2D eigenvalue weighted by molar-refractivity contribution is 0.587. The van der Waals surface area contributed by atoms with Crippen LogP contribution in [0.3, 0.4) is 0 Å². The van der Waals surface area contributed by atoms with Crippen LogP contribution in [0.25, 0.3) is 0 Å². The molecule has 92 valence electrons. The summed E-state index contributed by atoms with van der Waals surface area (Å²) in [6, 6.07) is 6.91. The average molecular weight is 231 g/mol. The highest BCUT2D eigenvalue weighted by Crippen LogP contribution is 2.41. The van der Waals surface area contributed by atoms with Crippen molar-refractivity contribution in [1.29, 1.82) is 0 Å². The Balaban J connectivity index is 1.86. The molecule has 0 radical (unpaired) electrons. The van der Waals surface area contributed by atoms with Crippen LogP contribution in [0.2, 0.25) is 0 Å². The molecule has 1 aliphatic heterocycles. The van der Waals surface area contributed by atoms with Crippen molar-refractivity contribution >= 4 is 5.69 Å². The monoisotopic (exact) mass is 231 g/mol. The van der Waals surface area contributed by atoms with Crippen molar-refractivity contribution in [2.75, 3.05) is 31.1 Å². The molecule has 0 spiro atoms. The van der Waals surface area contributed by atoms with Gasteiger partial charge in [-0.2, -0.15) is 0 Å². The van der Waals surface area contributed by atoms with Gasteiger partial charge in [-0.25, -0.2) is 0 Å². The van der Waals surface area contributed by atoms with Gasteiger partial charge in [-0.05, 0) is 36.0 Å². The molecule has 17 heavy (non-hydrogen) atoms. The molecule has 2 fully saturated rings. The van der Waals surface area contributed by atoms with Gasteiger partial charge < -0.3 is 16.0 Å². The highest BCUT2D eigenvalue weighted by Gasteiger charge is 2.24. The third-order valence-corrected chi connectivity index (χ3v) is 3.83. The fourth-order valence-electron chi connectivity index (χ4n) is 2.65. The number of hydrogen-bond acceptors (Lipinski definition) is 3. The Morgan fingerprint density at radius 1 is 1.24 bits per heavy atom. The molecule has 1 heterocycles. The molecule has 1 aliphatic carbocycles.